The maximum atomic E-state index is 12.5. The molecular weight excluding hydrogens is 404 g/mol. The van der Waals surface area contributed by atoms with Gasteiger partial charge in [-0.25, -0.2) is 4.79 Å². The van der Waals surface area contributed by atoms with Gasteiger partial charge in [0.2, 0.25) is 5.91 Å². The van der Waals surface area contributed by atoms with Gasteiger partial charge in [0.25, 0.3) is 0 Å². The Labute approximate surface area is 182 Å². The lowest BCUT2D eigenvalue weighted by molar-refractivity contribution is -0.121. The zero-order chi connectivity index (χ0) is 21.3. The van der Waals surface area contributed by atoms with E-state index in [-0.39, 0.29) is 17.9 Å². The van der Waals surface area contributed by atoms with Gasteiger partial charge in [-0.15, -0.1) is 0 Å². The second-order valence-corrected chi connectivity index (χ2v) is 7.64. The van der Waals surface area contributed by atoms with Crippen molar-refractivity contribution in [2.24, 2.45) is 0 Å². The van der Waals surface area contributed by atoms with Crippen LogP contribution in [0.1, 0.15) is 33.9 Å². The van der Waals surface area contributed by atoms with Crippen molar-refractivity contribution in [2.75, 3.05) is 40.0 Å². The number of rotatable bonds is 8. The third-order valence-electron chi connectivity index (χ3n) is 5.25. The predicted octanol–water partition coefficient (Wildman–Crippen LogP) is 3.25. The largest absolute Gasteiger partial charge is 0.465 e. The number of methoxy groups -OCH3 is 1. The summed E-state index contributed by atoms with van der Waals surface area (Å²) in [4.78, 5) is 26.3. The highest BCUT2D eigenvalue weighted by molar-refractivity contribution is 6.30. The molecule has 2 aromatic carbocycles. The van der Waals surface area contributed by atoms with Crippen LogP contribution in [0.3, 0.4) is 0 Å². The predicted molar refractivity (Wildman–Crippen MR) is 116 cm³/mol. The molecule has 160 valence electrons. The second kappa shape index (κ2) is 11.1. The Morgan fingerprint density at radius 1 is 1.10 bits per heavy atom. The van der Waals surface area contributed by atoms with Crippen LogP contribution in [0.2, 0.25) is 5.02 Å². The molecule has 2 aromatic rings. The van der Waals surface area contributed by atoms with Crippen molar-refractivity contribution in [3.05, 3.63) is 70.2 Å². The number of hydrogen-bond acceptors (Lipinski definition) is 5. The minimum absolute atomic E-state index is 0.000678. The van der Waals surface area contributed by atoms with Gasteiger partial charge in [-0.2, -0.15) is 0 Å². The SMILES string of the molecule is COC(=O)c1ccc(CCC(=O)NCC(c2ccc(Cl)cc2)N2CCOCC2)cc1. The lowest BCUT2D eigenvalue weighted by Gasteiger charge is -2.35. The number of nitrogens with zero attached hydrogens (tertiary/aromatic N) is 1. The van der Waals surface area contributed by atoms with Gasteiger partial charge in [-0.3, -0.25) is 9.69 Å². The van der Waals surface area contributed by atoms with Gasteiger partial charge >= 0.3 is 5.97 Å². The number of nitrogens with one attached hydrogen (secondary N) is 1. The molecule has 1 saturated heterocycles. The van der Waals surface area contributed by atoms with Gasteiger partial charge in [0, 0.05) is 31.1 Å². The van der Waals surface area contributed by atoms with E-state index in [2.05, 4.69) is 10.2 Å². The van der Waals surface area contributed by atoms with Gasteiger partial charge in [0.1, 0.15) is 0 Å². The fraction of sp³-hybridized carbons (Fsp3) is 0.391. The number of carbonyl (C=O) groups is 2. The van der Waals surface area contributed by atoms with Gasteiger partial charge in [-0.05, 0) is 41.8 Å². The first kappa shape index (κ1) is 22.3. The Bertz CT molecular complexity index is 833. The molecule has 1 amide bonds. The Balaban J connectivity index is 1.54. The number of carbonyl (C=O) groups excluding carboxylic acids is 2. The standard InChI is InChI=1S/C23H27ClN2O4/c1-29-23(28)19-5-2-17(3-6-19)4-11-22(27)25-16-21(26-12-14-30-15-13-26)18-7-9-20(24)10-8-18/h2-3,5-10,21H,4,11-16H2,1H3,(H,25,27). The first-order valence-corrected chi connectivity index (χ1v) is 10.5. The van der Waals surface area contributed by atoms with Gasteiger partial charge in [-0.1, -0.05) is 35.9 Å². The van der Waals surface area contributed by atoms with E-state index in [0.717, 1.165) is 24.2 Å². The number of amides is 1. The van der Waals surface area contributed by atoms with Crippen molar-refractivity contribution < 1.29 is 19.1 Å². The molecule has 1 aliphatic heterocycles. The molecule has 1 atom stereocenters. The zero-order valence-electron chi connectivity index (χ0n) is 17.1. The fourth-order valence-corrected chi connectivity index (χ4v) is 3.64. The van der Waals surface area contributed by atoms with Crippen LogP contribution in [-0.2, 0) is 20.7 Å². The molecule has 0 spiro atoms. The molecule has 0 aromatic heterocycles. The van der Waals surface area contributed by atoms with E-state index in [4.69, 9.17) is 21.1 Å². The van der Waals surface area contributed by atoms with Crippen LogP contribution in [-0.4, -0.2) is 56.7 Å². The van der Waals surface area contributed by atoms with Crippen molar-refractivity contribution in [1.82, 2.24) is 10.2 Å². The topological polar surface area (TPSA) is 67.9 Å². The molecular formula is C23H27ClN2O4. The van der Waals surface area contributed by atoms with Crippen LogP contribution in [0.15, 0.2) is 48.5 Å². The third-order valence-corrected chi connectivity index (χ3v) is 5.50. The Kier molecular flexibility index (Phi) is 8.25. The molecule has 6 nitrogen and oxygen atoms in total. The van der Waals surface area contributed by atoms with Crippen LogP contribution in [0.4, 0.5) is 0 Å². The monoisotopic (exact) mass is 430 g/mol. The number of esters is 1. The van der Waals surface area contributed by atoms with E-state index in [1.165, 1.54) is 7.11 Å². The fourth-order valence-electron chi connectivity index (χ4n) is 3.51. The van der Waals surface area contributed by atoms with Crippen LogP contribution < -0.4 is 5.32 Å². The highest BCUT2D eigenvalue weighted by Gasteiger charge is 2.23. The maximum absolute atomic E-state index is 12.5. The van der Waals surface area contributed by atoms with E-state index < -0.39 is 0 Å². The quantitative estimate of drug-likeness (QED) is 0.651. The average molecular weight is 431 g/mol. The van der Waals surface area contributed by atoms with Crippen LogP contribution in [0.25, 0.3) is 0 Å². The molecule has 1 aliphatic rings. The second-order valence-electron chi connectivity index (χ2n) is 7.21. The number of aryl methyl sites for hydroxylation is 1. The summed E-state index contributed by atoms with van der Waals surface area (Å²) in [6.07, 6.45) is 0.991. The van der Waals surface area contributed by atoms with E-state index in [1.54, 1.807) is 12.1 Å². The summed E-state index contributed by atoms with van der Waals surface area (Å²) in [5, 5.41) is 3.77. The lowest BCUT2D eigenvalue weighted by Crippen LogP contribution is -2.43. The van der Waals surface area contributed by atoms with E-state index in [1.807, 2.05) is 36.4 Å². The molecule has 30 heavy (non-hydrogen) atoms. The molecule has 0 bridgehead atoms. The van der Waals surface area contributed by atoms with E-state index in [0.29, 0.717) is 43.2 Å². The molecule has 1 N–H and O–H groups in total. The van der Waals surface area contributed by atoms with Crippen LogP contribution >= 0.6 is 11.6 Å². The average Bonchev–Trinajstić information content (AvgIpc) is 2.79. The summed E-state index contributed by atoms with van der Waals surface area (Å²) in [7, 11) is 1.36. The third kappa shape index (κ3) is 6.29. The summed E-state index contributed by atoms with van der Waals surface area (Å²) in [6, 6.07) is 15.0. The molecule has 1 unspecified atom stereocenters. The molecule has 0 radical (unpaired) electrons. The van der Waals surface area contributed by atoms with E-state index >= 15 is 0 Å². The molecule has 0 aliphatic carbocycles. The van der Waals surface area contributed by atoms with Crippen LogP contribution in [0, 0.1) is 0 Å². The first-order valence-electron chi connectivity index (χ1n) is 10.1. The summed E-state index contributed by atoms with van der Waals surface area (Å²) >= 11 is 6.04. The minimum atomic E-state index is -0.365. The smallest absolute Gasteiger partial charge is 0.337 e. The summed E-state index contributed by atoms with van der Waals surface area (Å²) in [5.41, 5.74) is 2.63. The number of ether oxygens (including phenoxy) is 2. The van der Waals surface area contributed by atoms with Crippen molar-refractivity contribution in [3.8, 4) is 0 Å². The molecule has 0 saturated carbocycles. The summed E-state index contributed by atoms with van der Waals surface area (Å²) in [6.45, 7) is 3.58. The highest BCUT2D eigenvalue weighted by Crippen LogP contribution is 2.23. The normalized spacial score (nSPS) is 15.4. The van der Waals surface area contributed by atoms with Gasteiger partial charge in [0.15, 0.2) is 0 Å². The Hall–Kier alpha value is -2.41. The van der Waals surface area contributed by atoms with E-state index in [9.17, 15) is 9.59 Å². The molecule has 1 fully saturated rings. The van der Waals surface area contributed by atoms with Crippen molar-refractivity contribution in [2.45, 2.75) is 18.9 Å². The molecule has 1 heterocycles. The maximum Gasteiger partial charge on any atom is 0.337 e. The van der Waals surface area contributed by atoms with Crippen LogP contribution in [0.5, 0.6) is 0 Å². The highest BCUT2D eigenvalue weighted by atomic mass is 35.5. The van der Waals surface area contributed by atoms with Gasteiger partial charge < -0.3 is 14.8 Å². The molecule has 7 heteroatoms. The minimum Gasteiger partial charge on any atom is -0.465 e. The zero-order valence-corrected chi connectivity index (χ0v) is 17.9. The van der Waals surface area contributed by atoms with Crippen molar-refractivity contribution >= 4 is 23.5 Å². The number of hydrogen-bond donors (Lipinski definition) is 1. The number of halogens is 1. The number of benzene rings is 2. The number of morpholine rings is 1. The van der Waals surface area contributed by atoms with Gasteiger partial charge in [0.05, 0.1) is 31.9 Å². The van der Waals surface area contributed by atoms with Crippen molar-refractivity contribution in [3.63, 3.8) is 0 Å². The van der Waals surface area contributed by atoms with Crippen molar-refractivity contribution in [1.29, 1.82) is 0 Å². The Morgan fingerprint density at radius 2 is 1.77 bits per heavy atom. The summed E-state index contributed by atoms with van der Waals surface area (Å²) in [5.74, 6) is -0.366. The molecule has 3 rings (SSSR count). The summed E-state index contributed by atoms with van der Waals surface area (Å²) < 4.78 is 10.2. The first-order chi connectivity index (χ1) is 14.6. The lowest BCUT2D eigenvalue weighted by atomic mass is 10.0. The Morgan fingerprint density at radius 3 is 2.40 bits per heavy atom.